The molecule has 0 saturated carbocycles. The molecule has 1 heterocycles. The number of rotatable bonds is 7. The summed E-state index contributed by atoms with van der Waals surface area (Å²) in [5, 5.41) is 0.694. The predicted octanol–water partition coefficient (Wildman–Crippen LogP) is 4.75. The number of carbonyl (C=O) groups is 1. The van der Waals surface area contributed by atoms with Crippen molar-refractivity contribution in [1.29, 1.82) is 0 Å². The Morgan fingerprint density at radius 3 is 2.30 bits per heavy atom. The van der Waals surface area contributed by atoms with E-state index in [1.807, 2.05) is 30.0 Å². The number of nitrogens with zero attached hydrogens (tertiary/aromatic N) is 3. The molecule has 1 saturated heterocycles. The van der Waals surface area contributed by atoms with Gasteiger partial charge in [0.15, 0.2) is 0 Å². The molecule has 3 aromatic carbocycles. The summed E-state index contributed by atoms with van der Waals surface area (Å²) in [6, 6.07) is 17.8. The maximum Gasteiger partial charge on any atom is 0.253 e. The van der Waals surface area contributed by atoms with E-state index in [0.717, 1.165) is 16.8 Å². The molecule has 1 aliphatic rings. The molecule has 1 amide bonds. The largest absolute Gasteiger partial charge is 0.496 e. The highest BCUT2D eigenvalue weighted by atomic mass is 35.5. The van der Waals surface area contributed by atoms with Crippen LogP contribution in [-0.4, -0.2) is 63.9 Å². The van der Waals surface area contributed by atoms with Crippen LogP contribution in [-0.2, 0) is 16.6 Å². The molecule has 0 atom stereocenters. The van der Waals surface area contributed by atoms with Gasteiger partial charge in [-0.2, -0.15) is 4.31 Å². The number of benzene rings is 3. The third-order valence-electron chi connectivity index (χ3n) is 6.73. The number of hydrogen-bond donors (Lipinski definition) is 0. The molecule has 0 aliphatic carbocycles. The van der Waals surface area contributed by atoms with E-state index in [1.54, 1.807) is 42.5 Å². The maximum atomic E-state index is 13.4. The van der Waals surface area contributed by atoms with Crippen LogP contribution in [0.15, 0.2) is 65.6 Å². The summed E-state index contributed by atoms with van der Waals surface area (Å²) in [5.74, 6) is 0.444. The number of aryl methyl sites for hydroxylation is 2. The van der Waals surface area contributed by atoms with Crippen molar-refractivity contribution in [1.82, 2.24) is 9.21 Å². The topological polar surface area (TPSA) is 70.2 Å². The Kier molecular flexibility index (Phi) is 8.11. The number of anilines is 1. The van der Waals surface area contributed by atoms with Gasteiger partial charge < -0.3 is 14.5 Å². The van der Waals surface area contributed by atoms with Crippen molar-refractivity contribution in [2.45, 2.75) is 25.3 Å². The van der Waals surface area contributed by atoms with E-state index in [2.05, 4.69) is 11.8 Å². The van der Waals surface area contributed by atoms with E-state index in [9.17, 15) is 13.2 Å². The molecule has 9 heteroatoms. The van der Waals surface area contributed by atoms with Gasteiger partial charge in [0.1, 0.15) is 5.75 Å². The molecule has 0 unspecified atom stereocenters. The number of methoxy groups -OCH3 is 1. The second-order valence-corrected chi connectivity index (χ2v) is 11.8. The maximum absolute atomic E-state index is 13.4. The first-order valence-corrected chi connectivity index (χ1v) is 13.9. The lowest BCUT2D eigenvalue weighted by Crippen LogP contribution is -2.49. The molecule has 0 aromatic heterocycles. The third kappa shape index (κ3) is 5.92. The molecule has 0 N–H and O–H groups in total. The molecule has 7 nitrogen and oxygen atoms in total. The summed E-state index contributed by atoms with van der Waals surface area (Å²) in [7, 11) is -0.643. The predicted molar refractivity (Wildman–Crippen MR) is 147 cm³/mol. The van der Waals surface area contributed by atoms with E-state index in [4.69, 9.17) is 16.3 Å². The normalized spacial score (nSPS) is 14.2. The van der Waals surface area contributed by atoms with Crippen LogP contribution in [0.1, 0.15) is 27.0 Å². The monoisotopic (exact) mass is 541 g/mol. The summed E-state index contributed by atoms with van der Waals surface area (Å²) in [6.07, 6.45) is 0. The number of amides is 1. The lowest BCUT2D eigenvalue weighted by atomic mass is 10.1. The molecule has 3 aromatic rings. The molecule has 4 rings (SSSR count). The quantitative estimate of drug-likeness (QED) is 0.432. The van der Waals surface area contributed by atoms with Gasteiger partial charge in [0, 0.05) is 61.6 Å². The van der Waals surface area contributed by atoms with Gasteiger partial charge in [-0.3, -0.25) is 4.79 Å². The highest BCUT2D eigenvalue weighted by Crippen LogP contribution is 2.27. The summed E-state index contributed by atoms with van der Waals surface area (Å²) < 4.78 is 33.0. The van der Waals surface area contributed by atoms with Crippen LogP contribution in [0.5, 0.6) is 5.75 Å². The van der Waals surface area contributed by atoms with Gasteiger partial charge in [-0.25, -0.2) is 8.42 Å². The van der Waals surface area contributed by atoms with E-state index in [1.165, 1.54) is 18.5 Å². The van der Waals surface area contributed by atoms with E-state index < -0.39 is 10.0 Å². The first-order valence-electron chi connectivity index (χ1n) is 12.1. The zero-order valence-corrected chi connectivity index (χ0v) is 23.1. The summed E-state index contributed by atoms with van der Waals surface area (Å²) >= 11 is 6.20. The van der Waals surface area contributed by atoms with Crippen LogP contribution in [0.3, 0.4) is 0 Å². The Bertz CT molecular complexity index is 1390. The number of carbonyl (C=O) groups excluding carboxylic acids is 1. The zero-order chi connectivity index (χ0) is 26.7. The smallest absolute Gasteiger partial charge is 0.253 e. The Morgan fingerprint density at radius 1 is 0.973 bits per heavy atom. The van der Waals surface area contributed by atoms with Gasteiger partial charge >= 0.3 is 0 Å². The van der Waals surface area contributed by atoms with Crippen LogP contribution >= 0.6 is 11.6 Å². The van der Waals surface area contributed by atoms with Crippen LogP contribution in [0.4, 0.5) is 5.69 Å². The number of piperazine rings is 1. The van der Waals surface area contributed by atoms with Crippen molar-refractivity contribution >= 4 is 33.2 Å². The van der Waals surface area contributed by atoms with E-state index >= 15 is 0 Å². The second kappa shape index (κ2) is 11.1. The summed E-state index contributed by atoms with van der Waals surface area (Å²) in [6.45, 7) is 6.59. The van der Waals surface area contributed by atoms with Crippen LogP contribution in [0.25, 0.3) is 0 Å². The van der Waals surface area contributed by atoms with Crippen LogP contribution < -0.4 is 9.64 Å². The minimum atomic E-state index is -3.70. The van der Waals surface area contributed by atoms with Crippen LogP contribution in [0, 0.1) is 13.8 Å². The summed E-state index contributed by atoms with van der Waals surface area (Å²) in [5.41, 5.74) is 4.35. The first kappa shape index (κ1) is 27.0. The average Bonchev–Trinajstić information content (AvgIpc) is 2.90. The van der Waals surface area contributed by atoms with Crippen molar-refractivity contribution < 1.29 is 17.9 Å². The van der Waals surface area contributed by atoms with Gasteiger partial charge in [0.25, 0.3) is 5.91 Å². The highest BCUT2D eigenvalue weighted by Gasteiger charge is 2.26. The first-order chi connectivity index (χ1) is 17.6. The fraction of sp³-hybridized carbons (Fsp3) is 0.321. The van der Waals surface area contributed by atoms with E-state index in [-0.39, 0.29) is 17.3 Å². The number of ether oxygens (including phenoxy) is 1. The van der Waals surface area contributed by atoms with Gasteiger partial charge in [-0.15, -0.1) is 0 Å². The molecule has 37 heavy (non-hydrogen) atoms. The minimum Gasteiger partial charge on any atom is -0.496 e. The van der Waals surface area contributed by atoms with Crippen molar-refractivity contribution in [3.05, 3.63) is 87.9 Å². The molecule has 196 valence electrons. The number of sulfonamides is 1. The van der Waals surface area contributed by atoms with Crippen LogP contribution in [0.2, 0.25) is 5.02 Å². The van der Waals surface area contributed by atoms with Gasteiger partial charge in [0.05, 0.1) is 12.0 Å². The van der Waals surface area contributed by atoms with Crippen molar-refractivity contribution in [2.75, 3.05) is 45.2 Å². The van der Waals surface area contributed by atoms with Gasteiger partial charge in [0.2, 0.25) is 10.0 Å². The van der Waals surface area contributed by atoms with E-state index in [0.29, 0.717) is 48.1 Å². The molecule has 0 spiro atoms. The lowest BCUT2D eigenvalue weighted by Gasteiger charge is -2.37. The Labute approximate surface area is 224 Å². The molecular weight excluding hydrogens is 510 g/mol. The second-order valence-electron chi connectivity index (χ2n) is 9.31. The Balaban J connectivity index is 1.49. The van der Waals surface area contributed by atoms with Gasteiger partial charge in [-0.05, 0) is 61.9 Å². The SMILES string of the molecule is COc1ccc(C(=O)N2CCN(c3cc(Cl)ccc3C)CC2)cc1CN(C)S(=O)(=O)c1ccc(C)cc1. The number of halogens is 1. The fourth-order valence-corrected chi connectivity index (χ4v) is 5.82. The standard InChI is InChI=1S/C28H32ClN3O4S/c1-20-5-10-25(11-6-20)37(34,35)30(3)19-23-17-22(8-12-27(23)36-4)28(33)32-15-13-31(14-16-32)26-18-24(29)9-7-21(26)2/h5-12,17-18H,13-16,19H2,1-4H3. The molecule has 1 aliphatic heterocycles. The van der Waals surface area contributed by atoms with Crippen molar-refractivity contribution in [3.8, 4) is 5.75 Å². The molecule has 0 radical (unpaired) electrons. The molecular formula is C28H32ClN3O4S. The number of hydrogen-bond acceptors (Lipinski definition) is 5. The molecule has 1 fully saturated rings. The van der Waals surface area contributed by atoms with Crippen molar-refractivity contribution in [3.63, 3.8) is 0 Å². The highest BCUT2D eigenvalue weighted by molar-refractivity contribution is 7.89. The Hall–Kier alpha value is -3.07. The lowest BCUT2D eigenvalue weighted by molar-refractivity contribution is 0.0746. The third-order valence-corrected chi connectivity index (χ3v) is 8.78. The zero-order valence-electron chi connectivity index (χ0n) is 21.6. The average molecular weight is 542 g/mol. The summed E-state index contributed by atoms with van der Waals surface area (Å²) in [4.78, 5) is 17.7. The Morgan fingerprint density at radius 2 is 1.65 bits per heavy atom. The molecule has 0 bridgehead atoms. The fourth-order valence-electron chi connectivity index (χ4n) is 4.51. The minimum absolute atomic E-state index is 0.0718. The van der Waals surface area contributed by atoms with Crippen molar-refractivity contribution in [2.24, 2.45) is 0 Å². The van der Waals surface area contributed by atoms with Gasteiger partial charge in [-0.1, -0.05) is 35.4 Å².